The van der Waals surface area contributed by atoms with Crippen LogP contribution in [0, 0.1) is 0 Å². The average Bonchev–Trinajstić information content (AvgIpc) is 2.92. The summed E-state index contributed by atoms with van der Waals surface area (Å²) in [6.45, 7) is 2.82. The quantitative estimate of drug-likeness (QED) is 0.486. The molecule has 2 aromatic rings. The first-order valence-corrected chi connectivity index (χ1v) is 7.07. The Kier molecular flexibility index (Phi) is 4.94. The summed E-state index contributed by atoms with van der Waals surface area (Å²) in [7, 11) is 0. The first kappa shape index (κ1) is 14.3. The van der Waals surface area contributed by atoms with E-state index in [4.69, 9.17) is 10.5 Å². The number of anilines is 1. The highest BCUT2D eigenvalue weighted by molar-refractivity contribution is 7.99. The molecule has 2 aromatic heterocycles. The number of aromatic nitrogens is 4. The van der Waals surface area contributed by atoms with Gasteiger partial charge in [-0.2, -0.15) is 0 Å². The number of imidazole rings is 1. The number of carbonyl (C=O) groups is 1. The molecule has 0 atom stereocenters. The van der Waals surface area contributed by atoms with Gasteiger partial charge in [-0.15, -0.1) is 0 Å². The highest BCUT2D eigenvalue weighted by Crippen LogP contribution is 2.17. The molecule has 0 amide bonds. The number of hydrogen-bond acceptors (Lipinski definition) is 7. The molecule has 0 fully saturated rings. The second-order valence-corrected chi connectivity index (χ2v) is 4.88. The van der Waals surface area contributed by atoms with Gasteiger partial charge < -0.3 is 15.0 Å². The molecule has 106 valence electrons. The minimum absolute atomic E-state index is 0.142. The topological polar surface area (TPSA) is 95.9 Å². The number of rotatable bonds is 6. The number of carbonyl (C=O) groups excluding carboxylic acids is 1. The van der Waals surface area contributed by atoms with E-state index in [1.165, 1.54) is 18.0 Å². The van der Waals surface area contributed by atoms with Crippen LogP contribution in [0.1, 0.15) is 17.3 Å². The van der Waals surface area contributed by atoms with Gasteiger partial charge in [0.15, 0.2) is 5.16 Å². The van der Waals surface area contributed by atoms with Crippen molar-refractivity contribution in [3.63, 3.8) is 0 Å². The van der Waals surface area contributed by atoms with Crippen LogP contribution < -0.4 is 5.73 Å². The van der Waals surface area contributed by atoms with Gasteiger partial charge in [0.2, 0.25) is 0 Å². The van der Waals surface area contributed by atoms with E-state index in [0.29, 0.717) is 11.8 Å². The van der Waals surface area contributed by atoms with Gasteiger partial charge in [-0.05, 0) is 6.92 Å². The minimum Gasteiger partial charge on any atom is -0.462 e. The lowest BCUT2D eigenvalue weighted by Gasteiger charge is -2.06. The van der Waals surface area contributed by atoms with Crippen molar-refractivity contribution in [2.45, 2.75) is 18.6 Å². The third-order valence-corrected chi connectivity index (χ3v) is 3.27. The lowest BCUT2D eigenvalue weighted by molar-refractivity contribution is 0.0526. The fourth-order valence-electron chi connectivity index (χ4n) is 1.48. The summed E-state index contributed by atoms with van der Waals surface area (Å²) in [4.78, 5) is 23.7. The maximum atomic E-state index is 11.5. The van der Waals surface area contributed by atoms with Crippen molar-refractivity contribution in [1.29, 1.82) is 0 Å². The Morgan fingerprint density at radius 2 is 2.40 bits per heavy atom. The number of ether oxygens (including phenoxy) is 1. The first-order chi connectivity index (χ1) is 9.70. The summed E-state index contributed by atoms with van der Waals surface area (Å²) in [6, 6.07) is 0. The second kappa shape index (κ2) is 6.90. The highest BCUT2D eigenvalue weighted by Gasteiger charge is 2.13. The van der Waals surface area contributed by atoms with Crippen LogP contribution in [0.3, 0.4) is 0 Å². The van der Waals surface area contributed by atoms with Gasteiger partial charge in [0.25, 0.3) is 0 Å². The molecule has 0 aliphatic rings. The first-order valence-electron chi connectivity index (χ1n) is 6.09. The molecule has 2 heterocycles. The monoisotopic (exact) mass is 293 g/mol. The smallest absolute Gasteiger partial charge is 0.343 e. The molecule has 0 radical (unpaired) electrons. The van der Waals surface area contributed by atoms with E-state index < -0.39 is 5.97 Å². The average molecular weight is 293 g/mol. The summed E-state index contributed by atoms with van der Waals surface area (Å²) < 4.78 is 6.82. The molecule has 0 saturated carbocycles. The van der Waals surface area contributed by atoms with Gasteiger partial charge >= 0.3 is 5.97 Å². The molecular weight excluding hydrogens is 278 g/mol. The molecule has 0 aliphatic heterocycles. The number of nitrogens with zero attached hydrogens (tertiary/aromatic N) is 4. The number of nitrogens with two attached hydrogens (primary N) is 1. The van der Waals surface area contributed by atoms with E-state index in [1.54, 1.807) is 19.4 Å². The van der Waals surface area contributed by atoms with Gasteiger partial charge in [-0.3, -0.25) is 0 Å². The fourth-order valence-corrected chi connectivity index (χ4v) is 2.25. The van der Waals surface area contributed by atoms with Gasteiger partial charge in [0, 0.05) is 30.9 Å². The summed E-state index contributed by atoms with van der Waals surface area (Å²) in [6.07, 6.45) is 6.77. The summed E-state index contributed by atoms with van der Waals surface area (Å²) in [5, 5.41) is 0.538. The Labute approximate surface area is 120 Å². The van der Waals surface area contributed by atoms with Crippen molar-refractivity contribution < 1.29 is 9.53 Å². The molecule has 0 bridgehead atoms. The molecular formula is C12H15N5O2S. The Hall–Kier alpha value is -2.09. The molecule has 0 aliphatic carbocycles. The van der Waals surface area contributed by atoms with Crippen molar-refractivity contribution in [3.8, 4) is 0 Å². The van der Waals surface area contributed by atoms with Crippen LogP contribution in [0.5, 0.6) is 0 Å². The van der Waals surface area contributed by atoms with Crippen molar-refractivity contribution in [2.75, 3.05) is 18.1 Å². The van der Waals surface area contributed by atoms with Crippen LogP contribution >= 0.6 is 11.8 Å². The van der Waals surface area contributed by atoms with Crippen molar-refractivity contribution >= 4 is 23.5 Å². The Balaban J connectivity index is 1.93. The summed E-state index contributed by atoms with van der Waals surface area (Å²) in [5.41, 5.74) is 5.94. The van der Waals surface area contributed by atoms with E-state index in [-0.39, 0.29) is 11.4 Å². The van der Waals surface area contributed by atoms with E-state index in [0.717, 1.165) is 12.3 Å². The highest BCUT2D eigenvalue weighted by atomic mass is 32.2. The fraction of sp³-hybridized carbons (Fsp3) is 0.333. The molecule has 0 aromatic carbocycles. The maximum absolute atomic E-state index is 11.5. The van der Waals surface area contributed by atoms with Crippen LogP contribution in [0.2, 0.25) is 0 Å². The third-order valence-electron chi connectivity index (χ3n) is 2.43. The zero-order valence-electron chi connectivity index (χ0n) is 11.0. The molecule has 2 N–H and O–H groups in total. The van der Waals surface area contributed by atoms with Crippen molar-refractivity contribution in [2.24, 2.45) is 0 Å². The predicted molar refractivity (Wildman–Crippen MR) is 75.4 cm³/mol. The van der Waals surface area contributed by atoms with E-state index in [1.807, 2.05) is 10.8 Å². The van der Waals surface area contributed by atoms with Crippen LogP contribution in [0.15, 0.2) is 30.1 Å². The minimum atomic E-state index is -0.500. The maximum Gasteiger partial charge on any atom is 0.343 e. The molecule has 8 heteroatoms. The van der Waals surface area contributed by atoms with Crippen LogP contribution in [-0.4, -0.2) is 37.8 Å². The molecule has 0 unspecified atom stereocenters. The lowest BCUT2D eigenvalue weighted by Crippen LogP contribution is -2.10. The normalized spacial score (nSPS) is 10.4. The number of nitrogen functional groups attached to an aromatic ring is 1. The Morgan fingerprint density at radius 1 is 1.55 bits per heavy atom. The SMILES string of the molecule is CCOC(=O)c1cnc(SCCn2ccnc2)nc1N. The summed E-state index contributed by atoms with van der Waals surface area (Å²) >= 11 is 1.46. The molecule has 20 heavy (non-hydrogen) atoms. The largest absolute Gasteiger partial charge is 0.462 e. The van der Waals surface area contributed by atoms with E-state index in [2.05, 4.69) is 15.0 Å². The van der Waals surface area contributed by atoms with Gasteiger partial charge in [-0.25, -0.2) is 19.7 Å². The number of aryl methyl sites for hydroxylation is 1. The van der Waals surface area contributed by atoms with Crippen LogP contribution in [0.4, 0.5) is 5.82 Å². The standard InChI is InChI=1S/C12H15N5O2S/c1-2-19-11(18)9-7-15-12(16-10(9)13)20-6-5-17-4-3-14-8-17/h3-4,7-8H,2,5-6H2,1H3,(H2,13,15,16). The van der Waals surface area contributed by atoms with Crippen LogP contribution in [-0.2, 0) is 11.3 Å². The van der Waals surface area contributed by atoms with Crippen LogP contribution in [0.25, 0.3) is 0 Å². The molecule has 0 saturated heterocycles. The predicted octanol–water partition coefficient (Wildman–Crippen LogP) is 1.22. The zero-order chi connectivity index (χ0) is 14.4. The number of hydrogen-bond donors (Lipinski definition) is 1. The molecule has 7 nitrogen and oxygen atoms in total. The zero-order valence-corrected chi connectivity index (χ0v) is 11.8. The second-order valence-electron chi connectivity index (χ2n) is 3.82. The Morgan fingerprint density at radius 3 is 3.05 bits per heavy atom. The van der Waals surface area contributed by atoms with E-state index in [9.17, 15) is 4.79 Å². The number of esters is 1. The Bertz CT molecular complexity index is 573. The van der Waals surface area contributed by atoms with Gasteiger partial charge in [0.05, 0.1) is 12.9 Å². The van der Waals surface area contributed by atoms with Gasteiger partial charge in [-0.1, -0.05) is 11.8 Å². The molecule has 2 rings (SSSR count). The van der Waals surface area contributed by atoms with Gasteiger partial charge in [0.1, 0.15) is 11.4 Å². The lowest BCUT2D eigenvalue weighted by atomic mass is 10.3. The van der Waals surface area contributed by atoms with Crippen molar-refractivity contribution in [3.05, 3.63) is 30.5 Å². The molecule has 0 spiro atoms. The third kappa shape index (κ3) is 3.70. The number of thioether (sulfide) groups is 1. The van der Waals surface area contributed by atoms with E-state index >= 15 is 0 Å². The summed E-state index contributed by atoms with van der Waals surface area (Å²) in [5.74, 6) is 0.428. The van der Waals surface area contributed by atoms with Crippen molar-refractivity contribution in [1.82, 2.24) is 19.5 Å².